The van der Waals surface area contributed by atoms with Gasteiger partial charge >= 0.3 is 0 Å². The van der Waals surface area contributed by atoms with Crippen molar-refractivity contribution in [2.24, 2.45) is 7.05 Å². The molecule has 2 saturated heterocycles. The van der Waals surface area contributed by atoms with Gasteiger partial charge in [0.1, 0.15) is 6.26 Å². The molecule has 1 atom stereocenters. The standard InChI is InChI=1S/C20H28N4O2/c1-16-13-18(22(2)21-16)14-23-9-3-6-20(8-11-23)7-4-10-24(20)19(25)17-5-12-26-15-17/h5,12-13,15H,3-4,6-11,14H2,1-2H3. The number of rotatable bonds is 3. The van der Waals surface area contributed by atoms with E-state index in [0.717, 1.165) is 64.0 Å². The minimum atomic E-state index is 0.0193. The Bertz CT molecular complexity index is 767. The Kier molecular flexibility index (Phi) is 4.61. The summed E-state index contributed by atoms with van der Waals surface area (Å²) in [6, 6.07) is 3.95. The average molecular weight is 356 g/mol. The first-order valence-electron chi connectivity index (χ1n) is 9.63. The van der Waals surface area contributed by atoms with Crippen molar-refractivity contribution >= 4 is 5.91 Å². The second-order valence-electron chi connectivity index (χ2n) is 7.83. The van der Waals surface area contributed by atoms with Gasteiger partial charge < -0.3 is 9.32 Å². The molecule has 0 N–H and O–H groups in total. The zero-order valence-electron chi connectivity index (χ0n) is 15.8. The summed E-state index contributed by atoms with van der Waals surface area (Å²) in [6.07, 6.45) is 8.65. The molecule has 0 aliphatic carbocycles. The lowest BCUT2D eigenvalue weighted by molar-refractivity contribution is 0.0557. The van der Waals surface area contributed by atoms with E-state index < -0.39 is 0 Å². The lowest BCUT2D eigenvalue weighted by Crippen LogP contribution is -2.47. The summed E-state index contributed by atoms with van der Waals surface area (Å²) < 4.78 is 7.11. The Morgan fingerprint density at radius 1 is 1.23 bits per heavy atom. The highest BCUT2D eigenvalue weighted by Gasteiger charge is 2.44. The van der Waals surface area contributed by atoms with Crippen molar-refractivity contribution in [1.82, 2.24) is 19.6 Å². The summed E-state index contributed by atoms with van der Waals surface area (Å²) >= 11 is 0. The number of nitrogens with zero attached hydrogens (tertiary/aromatic N) is 4. The van der Waals surface area contributed by atoms with E-state index >= 15 is 0 Å². The van der Waals surface area contributed by atoms with E-state index in [9.17, 15) is 4.79 Å². The summed E-state index contributed by atoms with van der Waals surface area (Å²) in [5, 5.41) is 4.46. The van der Waals surface area contributed by atoms with Crippen LogP contribution in [0.5, 0.6) is 0 Å². The van der Waals surface area contributed by atoms with Gasteiger partial charge in [0.15, 0.2) is 0 Å². The van der Waals surface area contributed by atoms with E-state index in [-0.39, 0.29) is 11.4 Å². The molecule has 4 rings (SSSR count). The van der Waals surface area contributed by atoms with Crippen molar-refractivity contribution < 1.29 is 9.21 Å². The predicted molar refractivity (Wildman–Crippen MR) is 98.8 cm³/mol. The second kappa shape index (κ2) is 6.91. The first kappa shape index (κ1) is 17.3. The molecule has 1 amide bonds. The molecule has 26 heavy (non-hydrogen) atoms. The second-order valence-corrected chi connectivity index (χ2v) is 7.83. The van der Waals surface area contributed by atoms with Crippen LogP contribution in [0.3, 0.4) is 0 Å². The highest BCUT2D eigenvalue weighted by molar-refractivity contribution is 5.94. The number of carbonyl (C=O) groups excluding carboxylic acids is 1. The average Bonchev–Trinajstić information content (AvgIpc) is 3.30. The van der Waals surface area contributed by atoms with E-state index in [4.69, 9.17) is 4.42 Å². The van der Waals surface area contributed by atoms with Gasteiger partial charge in [-0.1, -0.05) is 0 Å². The highest BCUT2D eigenvalue weighted by Crippen LogP contribution is 2.39. The molecule has 0 saturated carbocycles. The Balaban J connectivity index is 1.46. The van der Waals surface area contributed by atoms with E-state index in [1.165, 1.54) is 5.69 Å². The monoisotopic (exact) mass is 356 g/mol. The Labute approximate surface area is 154 Å². The summed E-state index contributed by atoms with van der Waals surface area (Å²) in [7, 11) is 2.02. The third-order valence-electron chi connectivity index (χ3n) is 6.10. The molecule has 1 unspecified atom stereocenters. The molecule has 4 heterocycles. The minimum absolute atomic E-state index is 0.0193. The summed E-state index contributed by atoms with van der Waals surface area (Å²) in [5.41, 5.74) is 3.03. The zero-order chi connectivity index (χ0) is 18.1. The van der Waals surface area contributed by atoms with Gasteiger partial charge in [-0.3, -0.25) is 14.4 Å². The molecule has 2 fully saturated rings. The van der Waals surface area contributed by atoms with Gasteiger partial charge in [0.05, 0.1) is 23.2 Å². The molecular formula is C20H28N4O2. The maximum atomic E-state index is 13.0. The smallest absolute Gasteiger partial charge is 0.257 e. The molecule has 0 bridgehead atoms. The van der Waals surface area contributed by atoms with E-state index in [2.05, 4.69) is 21.0 Å². The van der Waals surface area contributed by atoms with Crippen molar-refractivity contribution in [2.75, 3.05) is 19.6 Å². The molecule has 2 aliphatic rings. The van der Waals surface area contributed by atoms with Crippen LogP contribution in [0, 0.1) is 6.92 Å². The van der Waals surface area contributed by atoms with Crippen LogP contribution in [0.4, 0.5) is 0 Å². The molecule has 0 radical (unpaired) electrons. The van der Waals surface area contributed by atoms with Crippen LogP contribution in [0.1, 0.15) is 53.8 Å². The van der Waals surface area contributed by atoms with Crippen LogP contribution >= 0.6 is 0 Å². The number of carbonyl (C=O) groups is 1. The van der Waals surface area contributed by atoms with Gasteiger partial charge in [-0.2, -0.15) is 5.10 Å². The number of likely N-dealkylation sites (tertiary alicyclic amines) is 2. The third kappa shape index (κ3) is 3.18. The Hall–Kier alpha value is -2.08. The van der Waals surface area contributed by atoms with Gasteiger partial charge in [-0.15, -0.1) is 0 Å². The number of hydrogen-bond acceptors (Lipinski definition) is 4. The SMILES string of the molecule is Cc1cc(CN2CCCC3(CCCN3C(=O)c3ccoc3)CC2)n(C)n1. The molecule has 2 aromatic heterocycles. The quantitative estimate of drug-likeness (QED) is 0.848. The molecule has 2 aliphatic heterocycles. The van der Waals surface area contributed by atoms with Gasteiger partial charge in [0.2, 0.25) is 0 Å². The van der Waals surface area contributed by atoms with Crippen LogP contribution in [0.2, 0.25) is 0 Å². The minimum Gasteiger partial charge on any atom is -0.472 e. The third-order valence-corrected chi connectivity index (χ3v) is 6.10. The lowest BCUT2D eigenvalue weighted by Gasteiger charge is -2.38. The van der Waals surface area contributed by atoms with Crippen LogP contribution < -0.4 is 0 Å². The Morgan fingerprint density at radius 3 is 2.73 bits per heavy atom. The van der Waals surface area contributed by atoms with E-state index in [0.29, 0.717) is 5.56 Å². The fourth-order valence-corrected chi connectivity index (χ4v) is 4.75. The molecular weight excluding hydrogens is 328 g/mol. The summed E-state index contributed by atoms with van der Waals surface area (Å²) in [6.45, 7) is 5.95. The van der Waals surface area contributed by atoms with Crippen molar-refractivity contribution in [3.63, 3.8) is 0 Å². The Morgan fingerprint density at radius 2 is 2.04 bits per heavy atom. The van der Waals surface area contributed by atoms with Crippen LogP contribution in [-0.2, 0) is 13.6 Å². The molecule has 1 spiro atoms. The molecule has 140 valence electrons. The van der Waals surface area contributed by atoms with Crippen molar-refractivity contribution in [3.05, 3.63) is 41.6 Å². The van der Waals surface area contributed by atoms with E-state index in [1.54, 1.807) is 18.6 Å². The predicted octanol–water partition coefficient (Wildman–Crippen LogP) is 2.98. The molecule has 2 aromatic rings. The largest absolute Gasteiger partial charge is 0.472 e. The van der Waals surface area contributed by atoms with Gasteiger partial charge in [-0.25, -0.2) is 0 Å². The lowest BCUT2D eigenvalue weighted by atomic mass is 9.87. The van der Waals surface area contributed by atoms with Crippen molar-refractivity contribution in [2.45, 2.75) is 51.1 Å². The van der Waals surface area contributed by atoms with Crippen molar-refractivity contribution in [3.8, 4) is 0 Å². The summed E-state index contributed by atoms with van der Waals surface area (Å²) in [4.78, 5) is 17.6. The van der Waals surface area contributed by atoms with Crippen LogP contribution in [0.15, 0.2) is 29.1 Å². The maximum Gasteiger partial charge on any atom is 0.257 e. The number of amides is 1. The molecule has 0 aromatic carbocycles. The topological polar surface area (TPSA) is 54.5 Å². The maximum absolute atomic E-state index is 13.0. The van der Waals surface area contributed by atoms with Crippen LogP contribution in [0.25, 0.3) is 0 Å². The zero-order valence-corrected chi connectivity index (χ0v) is 15.8. The van der Waals surface area contributed by atoms with Gasteiger partial charge in [0.25, 0.3) is 5.91 Å². The van der Waals surface area contributed by atoms with Crippen molar-refractivity contribution in [1.29, 1.82) is 0 Å². The molecule has 6 nitrogen and oxygen atoms in total. The van der Waals surface area contributed by atoms with E-state index in [1.807, 2.05) is 18.7 Å². The first-order chi connectivity index (χ1) is 12.6. The number of furan rings is 1. The normalized spacial score (nSPS) is 24.3. The fraction of sp³-hybridized carbons (Fsp3) is 0.600. The number of aryl methyl sites for hydroxylation is 2. The number of aromatic nitrogens is 2. The highest BCUT2D eigenvalue weighted by atomic mass is 16.3. The fourth-order valence-electron chi connectivity index (χ4n) is 4.75. The van der Waals surface area contributed by atoms with Gasteiger partial charge in [0, 0.05) is 32.2 Å². The first-order valence-corrected chi connectivity index (χ1v) is 9.63. The molecule has 6 heteroatoms. The number of hydrogen-bond donors (Lipinski definition) is 0. The van der Waals surface area contributed by atoms with Gasteiger partial charge in [-0.05, 0) is 57.7 Å². The summed E-state index contributed by atoms with van der Waals surface area (Å²) in [5.74, 6) is 0.131. The van der Waals surface area contributed by atoms with Crippen LogP contribution in [-0.4, -0.2) is 50.7 Å².